The minimum atomic E-state index is -0.424. The zero-order valence-electron chi connectivity index (χ0n) is 24.2. The number of carbonyl (C=O) groups is 1. The lowest BCUT2D eigenvalue weighted by Crippen LogP contribution is -2.33. The second-order valence-corrected chi connectivity index (χ2v) is 10.5. The number of methoxy groups -OCH3 is 2. The number of benzene rings is 2. The number of ether oxygens (including phenoxy) is 2. The molecule has 5 rings (SSSR count). The maximum atomic E-state index is 13.1. The summed E-state index contributed by atoms with van der Waals surface area (Å²) < 4.78 is 12.9. The van der Waals surface area contributed by atoms with Gasteiger partial charge >= 0.3 is 0 Å². The molecule has 3 heterocycles. The standard InChI is InChI=1S/C31H32N6O5S/c1-19-17-22(20(2)36(19)25-18-21(37(39)40)12-13-27(25)42-4)30-29(24-10-7-8-15-32-24)34-31(43)35(30)16-14-28(38)33-23-9-5-6-11-26(23)41-3/h5-13,15,17-18,29-30H,14,16H2,1-4H3,(H,33,38)(H,34,43)/t29-,30+/m1/s1. The first-order chi connectivity index (χ1) is 20.7. The van der Waals surface area contributed by atoms with Crippen molar-refractivity contribution in [3.8, 4) is 17.2 Å². The number of amides is 1. The fourth-order valence-electron chi connectivity index (χ4n) is 5.59. The fourth-order valence-corrected chi connectivity index (χ4v) is 5.92. The molecule has 0 unspecified atom stereocenters. The summed E-state index contributed by atoms with van der Waals surface area (Å²) in [4.78, 5) is 30.9. The molecule has 11 nitrogen and oxygen atoms in total. The molecule has 2 aromatic heterocycles. The van der Waals surface area contributed by atoms with E-state index in [0.29, 0.717) is 34.5 Å². The Labute approximate surface area is 254 Å². The topological polar surface area (TPSA) is 124 Å². The average Bonchev–Trinajstić information content (AvgIpc) is 3.50. The van der Waals surface area contributed by atoms with Crippen LogP contribution >= 0.6 is 12.2 Å². The van der Waals surface area contributed by atoms with Crippen molar-refractivity contribution in [3.05, 3.63) is 106 Å². The fraction of sp³-hybridized carbons (Fsp3) is 0.258. The van der Waals surface area contributed by atoms with Crippen molar-refractivity contribution in [1.29, 1.82) is 0 Å². The highest BCUT2D eigenvalue weighted by atomic mass is 32.1. The van der Waals surface area contributed by atoms with E-state index >= 15 is 0 Å². The minimum Gasteiger partial charge on any atom is -0.495 e. The Morgan fingerprint density at radius 1 is 1.07 bits per heavy atom. The van der Waals surface area contributed by atoms with Crippen molar-refractivity contribution in [1.82, 2.24) is 19.8 Å². The lowest BCUT2D eigenvalue weighted by molar-refractivity contribution is -0.384. The van der Waals surface area contributed by atoms with Crippen molar-refractivity contribution in [2.45, 2.75) is 32.4 Å². The number of nitro benzene ring substituents is 1. The third-order valence-corrected chi connectivity index (χ3v) is 7.91. The van der Waals surface area contributed by atoms with E-state index in [0.717, 1.165) is 22.6 Å². The van der Waals surface area contributed by atoms with Crippen molar-refractivity contribution >= 4 is 34.6 Å². The van der Waals surface area contributed by atoms with Gasteiger partial charge in [0.05, 0.1) is 48.3 Å². The van der Waals surface area contributed by atoms with E-state index < -0.39 is 4.92 Å². The van der Waals surface area contributed by atoms with E-state index in [1.165, 1.54) is 19.2 Å². The van der Waals surface area contributed by atoms with E-state index in [2.05, 4.69) is 15.6 Å². The van der Waals surface area contributed by atoms with Crippen molar-refractivity contribution in [2.24, 2.45) is 0 Å². The highest BCUT2D eigenvalue weighted by Gasteiger charge is 2.41. The summed E-state index contributed by atoms with van der Waals surface area (Å²) in [6.07, 6.45) is 1.90. The van der Waals surface area contributed by atoms with Crippen LogP contribution in [0.2, 0.25) is 0 Å². The Kier molecular flexibility index (Phi) is 8.58. The number of aryl methyl sites for hydroxylation is 1. The number of anilines is 1. The van der Waals surface area contributed by atoms with Crippen molar-refractivity contribution in [2.75, 3.05) is 26.1 Å². The van der Waals surface area contributed by atoms with Gasteiger partial charge in [-0.1, -0.05) is 18.2 Å². The van der Waals surface area contributed by atoms with Crippen LogP contribution in [0.15, 0.2) is 72.9 Å². The molecule has 12 heteroatoms. The highest BCUT2D eigenvalue weighted by molar-refractivity contribution is 7.80. The molecule has 222 valence electrons. The van der Waals surface area contributed by atoms with Crippen LogP contribution in [0, 0.1) is 24.0 Å². The van der Waals surface area contributed by atoms with E-state index in [4.69, 9.17) is 21.7 Å². The Bertz CT molecular complexity index is 1670. The number of nitro groups is 1. The summed E-state index contributed by atoms with van der Waals surface area (Å²) in [5.41, 5.74) is 4.57. The van der Waals surface area contributed by atoms with E-state index in [1.54, 1.807) is 31.5 Å². The maximum absolute atomic E-state index is 13.1. The number of hydrogen-bond acceptors (Lipinski definition) is 7. The van der Waals surface area contributed by atoms with Gasteiger partial charge in [-0.15, -0.1) is 0 Å². The number of carbonyl (C=O) groups excluding carboxylic acids is 1. The summed E-state index contributed by atoms with van der Waals surface area (Å²) in [6, 6.07) is 18.9. The quantitative estimate of drug-likeness (QED) is 0.140. The molecule has 2 N–H and O–H groups in total. The smallest absolute Gasteiger partial charge is 0.271 e. The van der Waals surface area contributed by atoms with Gasteiger partial charge < -0.3 is 29.6 Å². The van der Waals surface area contributed by atoms with E-state index in [1.807, 2.05) is 59.7 Å². The van der Waals surface area contributed by atoms with Crippen LogP contribution in [0.3, 0.4) is 0 Å². The highest BCUT2D eigenvalue weighted by Crippen LogP contribution is 2.42. The SMILES string of the molecule is COc1ccccc1NC(=O)CCN1C(=S)N[C@H](c2ccccn2)[C@@H]1c1cc(C)n(-c2cc([N+](=O)[O-])ccc2OC)c1C. The zero-order valence-corrected chi connectivity index (χ0v) is 25.1. The third-order valence-electron chi connectivity index (χ3n) is 7.56. The second kappa shape index (κ2) is 12.5. The lowest BCUT2D eigenvalue weighted by atomic mass is 9.96. The first-order valence-electron chi connectivity index (χ1n) is 13.7. The molecule has 1 fully saturated rings. The number of nitrogens with one attached hydrogen (secondary N) is 2. The summed E-state index contributed by atoms with van der Waals surface area (Å²) >= 11 is 5.81. The molecule has 2 atom stereocenters. The van der Waals surface area contributed by atoms with Crippen LogP contribution in [-0.4, -0.2) is 51.2 Å². The number of aromatic nitrogens is 2. The Morgan fingerprint density at radius 3 is 2.51 bits per heavy atom. The van der Waals surface area contributed by atoms with Crippen LogP contribution in [0.5, 0.6) is 11.5 Å². The third kappa shape index (κ3) is 5.86. The Hall–Kier alpha value is -4.97. The molecular weight excluding hydrogens is 568 g/mol. The number of pyridine rings is 1. The Balaban J connectivity index is 1.52. The number of thiocarbonyl (C=S) groups is 1. The summed E-state index contributed by atoms with van der Waals surface area (Å²) in [7, 11) is 3.09. The van der Waals surface area contributed by atoms with Gasteiger partial charge in [0.25, 0.3) is 5.69 Å². The first-order valence-corrected chi connectivity index (χ1v) is 14.1. The minimum absolute atomic E-state index is 0.0393. The maximum Gasteiger partial charge on any atom is 0.271 e. The van der Waals surface area contributed by atoms with Gasteiger partial charge in [0.1, 0.15) is 11.5 Å². The summed E-state index contributed by atoms with van der Waals surface area (Å²) in [5, 5.41) is 18.5. The van der Waals surface area contributed by atoms with Gasteiger partial charge in [-0.25, -0.2) is 0 Å². The van der Waals surface area contributed by atoms with Gasteiger partial charge in [0, 0.05) is 42.7 Å². The van der Waals surface area contributed by atoms with Gasteiger partial charge in [0.2, 0.25) is 5.91 Å². The number of para-hydroxylation sites is 2. The van der Waals surface area contributed by atoms with Gasteiger partial charge in [-0.2, -0.15) is 0 Å². The van der Waals surface area contributed by atoms with Crippen molar-refractivity contribution < 1.29 is 19.2 Å². The molecule has 0 aliphatic carbocycles. The lowest BCUT2D eigenvalue weighted by Gasteiger charge is -2.28. The predicted molar refractivity (Wildman–Crippen MR) is 167 cm³/mol. The molecule has 43 heavy (non-hydrogen) atoms. The number of non-ortho nitro benzene ring substituents is 1. The molecule has 1 amide bonds. The normalized spacial score (nSPS) is 16.1. The molecular formula is C31H32N6O5S. The molecule has 4 aromatic rings. The summed E-state index contributed by atoms with van der Waals surface area (Å²) in [6.45, 7) is 4.24. The molecule has 0 bridgehead atoms. The van der Waals surface area contributed by atoms with Crippen LogP contribution in [0.4, 0.5) is 11.4 Å². The average molecular weight is 601 g/mol. The van der Waals surface area contributed by atoms with E-state index in [9.17, 15) is 14.9 Å². The molecule has 2 aromatic carbocycles. The van der Waals surface area contributed by atoms with Crippen LogP contribution in [-0.2, 0) is 4.79 Å². The molecule has 1 aliphatic rings. The molecule has 1 aliphatic heterocycles. The number of hydrogen-bond donors (Lipinski definition) is 2. The summed E-state index contributed by atoms with van der Waals surface area (Å²) in [5.74, 6) is 0.899. The number of nitrogens with zero attached hydrogens (tertiary/aromatic N) is 4. The second-order valence-electron chi connectivity index (χ2n) is 10.1. The van der Waals surface area contributed by atoms with E-state index in [-0.39, 0.29) is 30.1 Å². The van der Waals surface area contributed by atoms with Crippen molar-refractivity contribution in [3.63, 3.8) is 0 Å². The van der Waals surface area contributed by atoms with Gasteiger partial charge in [0.15, 0.2) is 5.11 Å². The molecule has 0 radical (unpaired) electrons. The van der Waals surface area contributed by atoms with Gasteiger partial charge in [-0.3, -0.25) is 19.9 Å². The largest absolute Gasteiger partial charge is 0.495 e. The Morgan fingerprint density at radius 2 is 1.81 bits per heavy atom. The number of rotatable bonds is 10. The predicted octanol–water partition coefficient (Wildman–Crippen LogP) is 5.42. The van der Waals surface area contributed by atoms with Crippen LogP contribution in [0.25, 0.3) is 5.69 Å². The van der Waals surface area contributed by atoms with Gasteiger partial charge in [-0.05, 0) is 68.0 Å². The molecule has 0 spiro atoms. The monoisotopic (exact) mass is 600 g/mol. The molecule has 1 saturated heterocycles. The zero-order chi connectivity index (χ0) is 30.7. The molecule has 0 saturated carbocycles. The first kappa shape index (κ1) is 29.5. The van der Waals surface area contributed by atoms with Crippen LogP contribution < -0.4 is 20.1 Å². The van der Waals surface area contributed by atoms with Crippen LogP contribution in [0.1, 0.15) is 41.1 Å².